The summed E-state index contributed by atoms with van der Waals surface area (Å²) in [6.45, 7) is 3.58. The Bertz CT molecular complexity index is 631. The number of benzene rings is 1. The van der Waals surface area contributed by atoms with Crippen LogP contribution in [0.3, 0.4) is 0 Å². The Hall–Kier alpha value is -1.35. The maximum atomic E-state index is 12.1. The first-order valence-corrected chi connectivity index (χ1v) is 9.81. The van der Waals surface area contributed by atoms with Crippen LogP contribution in [0, 0.1) is 5.92 Å². The summed E-state index contributed by atoms with van der Waals surface area (Å²) in [5.41, 5.74) is 1.88. The number of halogens is 1. The largest absolute Gasteiger partial charge is 0.381 e. The summed E-state index contributed by atoms with van der Waals surface area (Å²) >= 11 is 0. The van der Waals surface area contributed by atoms with Gasteiger partial charge >= 0.3 is 0 Å². The van der Waals surface area contributed by atoms with E-state index in [1.807, 2.05) is 25.2 Å². The third kappa shape index (κ3) is 7.95. The van der Waals surface area contributed by atoms with Crippen LogP contribution in [0.4, 0.5) is 0 Å². The molecule has 0 bridgehead atoms. The van der Waals surface area contributed by atoms with Crippen molar-refractivity contribution >= 4 is 35.8 Å². The summed E-state index contributed by atoms with van der Waals surface area (Å²) in [7, 11) is 7.46. The van der Waals surface area contributed by atoms with E-state index in [9.17, 15) is 4.79 Å². The van der Waals surface area contributed by atoms with Crippen molar-refractivity contribution < 1.29 is 9.53 Å². The lowest BCUT2D eigenvalue weighted by Crippen LogP contribution is -2.40. The minimum absolute atomic E-state index is 0. The molecule has 158 valence electrons. The molecule has 2 rings (SSSR count). The van der Waals surface area contributed by atoms with Gasteiger partial charge in [0.15, 0.2) is 5.96 Å². The van der Waals surface area contributed by atoms with Gasteiger partial charge in [0.25, 0.3) is 5.91 Å². The van der Waals surface area contributed by atoms with Crippen LogP contribution in [0.25, 0.3) is 0 Å². The van der Waals surface area contributed by atoms with Gasteiger partial charge in [-0.25, -0.2) is 0 Å². The predicted molar refractivity (Wildman–Crippen MR) is 126 cm³/mol. The van der Waals surface area contributed by atoms with Gasteiger partial charge < -0.3 is 19.9 Å². The van der Waals surface area contributed by atoms with E-state index < -0.39 is 0 Å². The molecule has 1 saturated heterocycles. The Morgan fingerprint density at radius 1 is 1.25 bits per heavy atom. The second-order valence-electron chi connectivity index (χ2n) is 7.39. The third-order valence-electron chi connectivity index (χ3n) is 5.06. The number of hydrogen-bond acceptors (Lipinski definition) is 3. The van der Waals surface area contributed by atoms with Crippen molar-refractivity contribution in [3.05, 3.63) is 35.4 Å². The normalized spacial score (nSPS) is 14.9. The van der Waals surface area contributed by atoms with Crippen LogP contribution in [0.1, 0.15) is 35.2 Å². The third-order valence-corrected chi connectivity index (χ3v) is 5.06. The molecule has 0 aromatic heterocycles. The molecular weight excluding hydrogens is 467 g/mol. The molecule has 1 aliphatic heterocycles. The monoisotopic (exact) mass is 502 g/mol. The zero-order valence-corrected chi connectivity index (χ0v) is 19.9. The van der Waals surface area contributed by atoms with Gasteiger partial charge in [0.2, 0.25) is 0 Å². The number of rotatable bonds is 7. The maximum Gasteiger partial charge on any atom is 0.253 e. The number of carbonyl (C=O) groups excluding carboxylic acids is 1. The van der Waals surface area contributed by atoms with E-state index in [4.69, 9.17) is 4.74 Å². The molecule has 1 fully saturated rings. The molecular formula is C21H35IN4O2. The summed E-state index contributed by atoms with van der Waals surface area (Å²) in [6.07, 6.45) is 4.36. The smallest absolute Gasteiger partial charge is 0.253 e. The first kappa shape index (κ1) is 24.7. The number of hydrogen-bond donors (Lipinski definition) is 1. The quantitative estimate of drug-likeness (QED) is 0.354. The minimum atomic E-state index is 0. The van der Waals surface area contributed by atoms with E-state index in [-0.39, 0.29) is 29.9 Å². The second kappa shape index (κ2) is 13.0. The standard InChI is InChI=1S/C21H34N4O2.HI/c1-22-21(25(4)13-9-17-10-14-27-15-11-17)23-12-8-18-6-5-7-19(16-18)20(26)24(2)3;/h5-7,16-17H,8-15H2,1-4H3,(H,22,23);1H. The molecule has 0 aliphatic carbocycles. The Balaban J connectivity index is 0.00000392. The number of ether oxygens (including phenoxy) is 1. The molecule has 7 heteroatoms. The number of carbonyl (C=O) groups is 1. The van der Waals surface area contributed by atoms with Crippen LogP contribution < -0.4 is 5.32 Å². The second-order valence-corrected chi connectivity index (χ2v) is 7.39. The summed E-state index contributed by atoms with van der Waals surface area (Å²) in [5.74, 6) is 1.72. The van der Waals surface area contributed by atoms with Gasteiger partial charge in [0.1, 0.15) is 0 Å². The van der Waals surface area contributed by atoms with Gasteiger partial charge in [0, 0.05) is 60.1 Å². The van der Waals surface area contributed by atoms with E-state index >= 15 is 0 Å². The lowest BCUT2D eigenvalue weighted by molar-refractivity contribution is 0.0625. The van der Waals surface area contributed by atoms with Crippen LogP contribution in [-0.2, 0) is 11.2 Å². The summed E-state index contributed by atoms with van der Waals surface area (Å²) < 4.78 is 5.43. The molecule has 1 aromatic rings. The lowest BCUT2D eigenvalue weighted by atomic mass is 9.96. The molecule has 0 spiro atoms. The fraction of sp³-hybridized carbons (Fsp3) is 0.619. The number of guanidine groups is 1. The summed E-state index contributed by atoms with van der Waals surface area (Å²) in [5, 5.41) is 3.43. The Kier molecular flexibility index (Phi) is 11.4. The number of nitrogens with one attached hydrogen (secondary N) is 1. The first-order valence-electron chi connectivity index (χ1n) is 9.81. The zero-order chi connectivity index (χ0) is 19.6. The molecule has 1 aliphatic rings. The van der Waals surface area contributed by atoms with Crippen LogP contribution in [0.2, 0.25) is 0 Å². The Morgan fingerprint density at radius 3 is 2.61 bits per heavy atom. The van der Waals surface area contributed by atoms with E-state index in [2.05, 4.69) is 28.3 Å². The van der Waals surface area contributed by atoms with E-state index in [0.29, 0.717) is 0 Å². The highest BCUT2D eigenvalue weighted by molar-refractivity contribution is 14.0. The fourth-order valence-electron chi connectivity index (χ4n) is 3.34. The molecule has 6 nitrogen and oxygen atoms in total. The summed E-state index contributed by atoms with van der Waals surface area (Å²) in [6, 6.07) is 7.84. The fourth-order valence-corrected chi connectivity index (χ4v) is 3.34. The van der Waals surface area contributed by atoms with Crippen molar-refractivity contribution in [1.29, 1.82) is 0 Å². The van der Waals surface area contributed by atoms with E-state index in [1.54, 1.807) is 19.0 Å². The van der Waals surface area contributed by atoms with Gasteiger partial charge in [-0.2, -0.15) is 0 Å². The number of amides is 1. The van der Waals surface area contributed by atoms with Crippen LogP contribution in [0.5, 0.6) is 0 Å². The molecule has 28 heavy (non-hydrogen) atoms. The lowest BCUT2D eigenvalue weighted by Gasteiger charge is -2.26. The van der Waals surface area contributed by atoms with Crippen molar-refractivity contribution in [3.63, 3.8) is 0 Å². The Morgan fingerprint density at radius 2 is 1.96 bits per heavy atom. The van der Waals surface area contributed by atoms with Crippen molar-refractivity contribution in [3.8, 4) is 0 Å². The van der Waals surface area contributed by atoms with Gasteiger partial charge in [-0.05, 0) is 49.3 Å². The SMILES string of the molecule is CN=C(NCCc1cccc(C(=O)N(C)C)c1)N(C)CCC1CCOCC1.I. The highest BCUT2D eigenvalue weighted by Gasteiger charge is 2.15. The van der Waals surface area contributed by atoms with Crippen molar-refractivity contribution in [2.75, 3.05) is 54.5 Å². The van der Waals surface area contributed by atoms with Crippen LogP contribution in [-0.4, -0.2) is 76.2 Å². The van der Waals surface area contributed by atoms with E-state index in [0.717, 1.165) is 55.7 Å². The van der Waals surface area contributed by atoms with Crippen molar-refractivity contribution in [1.82, 2.24) is 15.1 Å². The average Bonchev–Trinajstić information content (AvgIpc) is 2.69. The van der Waals surface area contributed by atoms with Crippen molar-refractivity contribution in [2.45, 2.75) is 25.7 Å². The summed E-state index contributed by atoms with van der Waals surface area (Å²) in [4.78, 5) is 20.3. The molecule has 1 amide bonds. The number of aliphatic imine (C=N–C) groups is 1. The average molecular weight is 502 g/mol. The molecule has 0 saturated carbocycles. The van der Waals surface area contributed by atoms with Gasteiger partial charge in [0.05, 0.1) is 0 Å². The zero-order valence-electron chi connectivity index (χ0n) is 17.6. The molecule has 0 unspecified atom stereocenters. The van der Waals surface area contributed by atoms with Gasteiger partial charge in [-0.1, -0.05) is 12.1 Å². The molecule has 0 radical (unpaired) electrons. The van der Waals surface area contributed by atoms with Crippen molar-refractivity contribution in [2.24, 2.45) is 10.9 Å². The topological polar surface area (TPSA) is 57.2 Å². The highest BCUT2D eigenvalue weighted by Crippen LogP contribution is 2.18. The van der Waals surface area contributed by atoms with Gasteiger partial charge in [-0.3, -0.25) is 9.79 Å². The van der Waals surface area contributed by atoms with Crippen LogP contribution in [0.15, 0.2) is 29.3 Å². The minimum Gasteiger partial charge on any atom is -0.381 e. The molecule has 1 heterocycles. The molecule has 0 atom stereocenters. The predicted octanol–water partition coefficient (Wildman–Crippen LogP) is 2.87. The number of nitrogens with zero attached hydrogens (tertiary/aromatic N) is 3. The first-order chi connectivity index (χ1) is 13.0. The molecule has 1 N–H and O–H groups in total. The van der Waals surface area contributed by atoms with Gasteiger partial charge in [-0.15, -0.1) is 24.0 Å². The van der Waals surface area contributed by atoms with E-state index in [1.165, 1.54) is 19.3 Å². The highest BCUT2D eigenvalue weighted by atomic mass is 127. The Labute approximate surface area is 186 Å². The van der Waals surface area contributed by atoms with Crippen LogP contribution >= 0.6 is 24.0 Å². The molecule has 1 aromatic carbocycles. The maximum absolute atomic E-state index is 12.1.